The second-order valence-corrected chi connectivity index (χ2v) is 9.04. The lowest BCUT2D eigenvalue weighted by Crippen LogP contribution is -2.45. The number of carbonyl (C=O) groups excluding carboxylic acids is 2. The van der Waals surface area contributed by atoms with Crippen molar-refractivity contribution in [2.75, 3.05) is 26.9 Å². The van der Waals surface area contributed by atoms with Crippen LogP contribution in [-0.2, 0) is 9.53 Å². The number of aliphatic hydroxyl groups excluding tert-OH is 1. The molecule has 0 saturated carbocycles. The number of phenolic OH excluding ortho intramolecular Hbond substituents is 1. The lowest BCUT2D eigenvalue weighted by atomic mass is 9.95. The Balaban J connectivity index is 1.70. The van der Waals surface area contributed by atoms with Gasteiger partial charge in [-0.1, -0.05) is 6.07 Å². The fourth-order valence-corrected chi connectivity index (χ4v) is 4.18. The normalized spacial score (nSPS) is 15.8. The molecule has 3 rings (SSSR count). The SMILES string of the molecule is CCOc1cc(/C=N\N[C@@H](O)COc2ccc([C@@H]3NC(=O)NC(C)=C3C(=O)OC)cc2OCC)c(Br)cc1O. The number of hydrogen-bond acceptors (Lipinski definition) is 10. The highest BCUT2D eigenvalue weighted by Gasteiger charge is 2.32. The number of nitrogens with zero attached hydrogens (tertiary/aromatic N) is 1. The third-order valence-corrected chi connectivity index (χ3v) is 6.16. The van der Waals surface area contributed by atoms with Gasteiger partial charge < -0.3 is 39.8 Å². The number of carbonyl (C=O) groups is 2. The first kappa shape index (κ1) is 29.6. The number of esters is 1. The van der Waals surface area contributed by atoms with E-state index in [0.717, 1.165) is 0 Å². The zero-order valence-corrected chi connectivity index (χ0v) is 23.5. The summed E-state index contributed by atoms with van der Waals surface area (Å²) in [6.07, 6.45) is 0.287. The van der Waals surface area contributed by atoms with Gasteiger partial charge >= 0.3 is 12.0 Å². The minimum absolute atomic E-state index is 0.00593. The molecule has 1 aliphatic rings. The van der Waals surface area contributed by atoms with Crippen molar-refractivity contribution in [1.82, 2.24) is 16.1 Å². The molecule has 2 aromatic rings. The maximum absolute atomic E-state index is 12.4. The summed E-state index contributed by atoms with van der Waals surface area (Å²) in [6.45, 7) is 5.77. The minimum atomic E-state index is -1.17. The van der Waals surface area contributed by atoms with Crippen molar-refractivity contribution in [3.8, 4) is 23.0 Å². The van der Waals surface area contributed by atoms with Crippen molar-refractivity contribution >= 4 is 34.1 Å². The van der Waals surface area contributed by atoms with Gasteiger partial charge in [-0.3, -0.25) is 5.43 Å². The van der Waals surface area contributed by atoms with Crippen LogP contribution >= 0.6 is 15.9 Å². The number of halogens is 1. The maximum atomic E-state index is 12.4. The van der Waals surface area contributed by atoms with Gasteiger partial charge in [0.2, 0.25) is 0 Å². The van der Waals surface area contributed by atoms with E-state index in [1.165, 1.54) is 19.4 Å². The van der Waals surface area contributed by atoms with Gasteiger partial charge in [0.15, 0.2) is 29.2 Å². The summed E-state index contributed by atoms with van der Waals surface area (Å²) in [5, 5.41) is 29.6. The maximum Gasteiger partial charge on any atom is 0.337 e. The molecule has 2 aromatic carbocycles. The number of ether oxygens (including phenoxy) is 4. The highest BCUT2D eigenvalue weighted by Crippen LogP contribution is 2.35. The predicted molar refractivity (Wildman–Crippen MR) is 146 cm³/mol. The van der Waals surface area contributed by atoms with Crippen molar-refractivity contribution in [3.05, 3.63) is 57.2 Å². The number of hydrogen-bond donors (Lipinski definition) is 5. The molecule has 0 radical (unpaired) electrons. The average molecular weight is 607 g/mol. The van der Waals surface area contributed by atoms with Crippen LogP contribution in [0.3, 0.4) is 0 Å². The zero-order chi connectivity index (χ0) is 28.5. The number of amides is 2. The number of phenols is 1. The average Bonchev–Trinajstić information content (AvgIpc) is 2.89. The van der Waals surface area contributed by atoms with E-state index in [1.54, 1.807) is 45.0 Å². The quantitative estimate of drug-likeness (QED) is 0.106. The molecule has 5 N–H and O–H groups in total. The first-order valence-corrected chi connectivity index (χ1v) is 12.9. The van der Waals surface area contributed by atoms with Crippen LogP contribution in [0.15, 0.2) is 51.2 Å². The number of benzene rings is 2. The molecule has 12 nitrogen and oxygen atoms in total. The third-order valence-electron chi connectivity index (χ3n) is 5.48. The molecule has 0 saturated heterocycles. The Morgan fingerprint density at radius 1 is 1.15 bits per heavy atom. The first-order chi connectivity index (χ1) is 18.7. The van der Waals surface area contributed by atoms with Crippen molar-refractivity contribution in [3.63, 3.8) is 0 Å². The van der Waals surface area contributed by atoms with E-state index in [4.69, 9.17) is 18.9 Å². The van der Waals surface area contributed by atoms with Gasteiger partial charge in [-0.05, 0) is 66.5 Å². The topological polar surface area (TPSA) is 160 Å². The van der Waals surface area contributed by atoms with E-state index in [9.17, 15) is 19.8 Å². The van der Waals surface area contributed by atoms with Gasteiger partial charge in [-0.25, -0.2) is 9.59 Å². The molecule has 13 heteroatoms. The molecule has 0 aliphatic carbocycles. The minimum Gasteiger partial charge on any atom is -0.504 e. The Kier molecular flexibility index (Phi) is 10.4. The predicted octanol–water partition coefficient (Wildman–Crippen LogP) is 3.07. The van der Waals surface area contributed by atoms with Crippen molar-refractivity contribution in [2.24, 2.45) is 5.10 Å². The summed E-state index contributed by atoms with van der Waals surface area (Å²) in [5.41, 5.74) is 4.41. The molecule has 2 amide bonds. The van der Waals surface area contributed by atoms with Crippen LogP contribution in [0.5, 0.6) is 23.0 Å². The standard InChI is InChI=1S/C26H31BrN4O8/c1-5-37-20-10-16(17(27)11-18(20)32)12-28-31-22(33)13-39-19-8-7-15(9-21(19)38-6-2)24-23(25(34)36-4)14(3)29-26(35)30-24/h7-12,22,24,31-33H,5-6,13H2,1-4H3,(H2,29,30,35)/b28-12-/t22-,24-/m0/s1. The Bertz CT molecular complexity index is 1270. The molecule has 0 fully saturated rings. The van der Waals surface area contributed by atoms with Crippen molar-refractivity contribution in [2.45, 2.75) is 33.0 Å². The third kappa shape index (κ3) is 7.54. The smallest absolute Gasteiger partial charge is 0.337 e. The Labute approximate surface area is 234 Å². The lowest BCUT2D eigenvalue weighted by molar-refractivity contribution is -0.136. The van der Waals surface area contributed by atoms with Gasteiger partial charge in [0.1, 0.15) is 6.61 Å². The molecule has 0 unspecified atom stereocenters. The molecule has 0 spiro atoms. The summed E-state index contributed by atoms with van der Waals surface area (Å²) in [5.74, 6) is 0.428. The number of nitrogens with one attached hydrogen (secondary N) is 3. The van der Waals surface area contributed by atoms with Crippen LogP contribution in [0.25, 0.3) is 0 Å². The van der Waals surface area contributed by atoms with E-state index in [-0.39, 0.29) is 17.9 Å². The van der Waals surface area contributed by atoms with Crippen LogP contribution in [-0.4, -0.2) is 61.6 Å². The zero-order valence-electron chi connectivity index (χ0n) is 21.9. The molecule has 1 heterocycles. The second-order valence-electron chi connectivity index (χ2n) is 8.19. The number of urea groups is 1. The summed E-state index contributed by atoms with van der Waals surface area (Å²) in [6, 6.07) is 6.85. The summed E-state index contributed by atoms with van der Waals surface area (Å²) in [7, 11) is 1.27. The van der Waals surface area contributed by atoms with Gasteiger partial charge in [0, 0.05) is 15.7 Å². The number of methoxy groups -OCH3 is 1. The van der Waals surface area contributed by atoms with E-state index < -0.39 is 24.3 Å². The molecular formula is C26H31BrN4O8. The van der Waals surface area contributed by atoms with Crippen LogP contribution in [0.2, 0.25) is 0 Å². The number of aromatic hydroxyl groups is 1. The Morgan fingerprint density at radius 3 is 2.56 bits per heavy atom. The number of rotatable bonds is 12. The fourth-order valence-electron chi connectivity index (χ4n) is 3.74. The number of aliphatic hydroxyl groups is 1. The Hall–Kier alpha value is -3.97. The second kappa shape index (κ2) is 13.7. The van der Waals surface area contributed by atoms with Gasteiger partial charge in [0.25, 0.3) is 0 Å². The van der Waals surface area contributed by atoms with E-state index in [2.05, 4.69) is 37.1 Å². The summed E-state index contributed by atoms with van der Waals surface area (Å²) < 4.78 is 22.3. The summed E-state index contributed by atoms with van der Waals surface area (Å²) in [4.78, 5) is 24.5. The first-order valence-electron chi connectivity index (χ1n) is 12.1. The van der Waals surface area contributed by atoms with Gasteiger partial charge in [0.05, 0.1) is 38.2 Å². The van der Waals surface area contributed by atoms with Crippen LogP contribution in [0, 0.1) is 0 Å². The molecule has 0 bridgehead atoms. The lowest BCUT2D eigenvalue weighted by Gasteiger charge is -2.28. The molecule has 2 atom stereocenters. The summed E-state index contributed by atoms with van der Waals surface area (Å²) >= 11 is 3.35. The molecule has 1 aliphatic heterocycles. The highest BCUT2D eigenvalue weighted by atomic mass is 79.9. The van der Waals surface area contributed by atoms with E-state index >= 15 is 0 Å². The van der Waals surface area contributed by atoms with Crippen LogP contribution < -0.4 is 30.3 Å². The van der Waals surface area contributed by atoms with E-state index in [1.807, 2.05) is 0 Å². The number of hydrazone groups is 1. The molecule has 0 aromatic heterocycles. The number of allylic oxidation sites excluding steroid dienone is 1. The van der Waals surface area contributed by atoms with Crippen LogP contribution in [0.4, 0.5) is 4.79 Å². The largest absolute Gasteiger partial charge is 0.504 e. The van der Waals surface area contributed by atoms with E-state index in [0.29, 0.717) is 51.8 Å². The van der Waals surface area contributed by atoms with Gasteiger partial charge in [-0.2, -0.15) is 5.10 Å². The monoisotopic (exact) mass is 606 g/mol. The molecular weight excluding hydrogens is 576 g/mol. The van der Waals surface area contributed by atoms with Crippen LogP contribution in [0.1, 0.15) is 37.9 Å². The Morgan fingerprint density at radius 2 is 1.87 bits per heavy atom. The van der Waals surface area contributed by atoms with Crippen molar-refractivity contribution in [1.29, 1.82) is 0 Å². The van der Waals surface area contributed by atoms with Crippen molar-refractivity contribution < 1.29 is 38.7 Å². The molecule has 39 heavy (non-hydrogen) atoms. The molecule has 210 valence electrons. The van der Waals surface area contributed by atoms with Gasteiger partial charge in [-0.15, -0.1) is 0 Å². The fraction of sp³-hybridized carbons (Fsp3) is 0.346. The highest BCUT2D eigenvalue weighted by molar-refractivity contribution is 9.10.